The number of halogens is 1. The zero-order valence-electron chi connectivity index (χ0n) is 23.0. The first-order valence-electron chi connectivity index (χ1n) is 12.9. The summed E-state index contributed by atoms with van der Waals surface area (Å²) in [4.78, 5) is 13.3. The van der Waals surface area contributed by atoms with Crippen molar-refractivity contribution >= 4 is 53.3 Å². The Bertz CT molecular complexity index is 1620. The highest BCUT2D eigenvalue weighted by Gasteiger charge is 2.30. The number of hydrogen-bond acceptors (Lipinski definition) is 7. The van der Waals surface area contributed by atoms with E-state index in [0.717, 1.165) is 29.1 Å². The van der Waals surface area contributed by atoms with Crippen LogP contribution in [0.3, 0.4) is 0 Å². The van der Waals surface area contributed by atoms with E-state index in [1.165, 1.54) is 54.9 Å². The lowest BCUT2D eigenvalue weighted by Crippen LogP contribution is -2.38. The standard InChI is InChI=1S/C28H32BrN3O7S2/c1-20-7-9-21(10-8-20)32(41(36,37)22-11-13-26(38-2)24(29)17-22)19-28(33)30-25-18-23(12-14-27(25)39-3)40(34,35)31-15-5-4-6-16-31/h7-14,17-18H,4-6,15-16,19H2,1-3H3,(H,30,33). The molecule has 3 aromatic rings. The maximum absolute atomic E-state index is 13.8. The maximum atomic E-state index is 13.8. The van der Waals surface area contributed by atoms with Crippen molar-refractivity contribution in [2.75, 3.05) is 43.5 Å². The second-order valence-corrected chi connectivity index (χ2v) is 14.2. The third kappa shape index (κ3) is 6.85. The second kappa shape index (κ2) is 12.8. The molecule has 1 amide bonds. The van der Waals surface area contributed by atoms with Crippen molar-refractivity contribution < 1.29 is 31.1 Å². The van der Waals surface area contributed by atoms with Crippen molar-refractivity contribution in [3.05, 3.63) is 70.7 Å². The number of carbonyl (C=O) groups is 1. The molecule has 0 atom stereocenters. The van der Waals surface area contributed by atoms with Gasteiger partial charge in [0, 0.05) is 13.1 Å². The molecule has 0 saturated carbocycles. The van der Waals surface area contributed by atoms with Crippen LogP contribution in [0.25, 0.3) is 0 Å². The Morgan fingerprint density at radius 1 is 0.878 bits per heavy atom. The summed E-state index contributed by atoms with van der Waals surface area (Å²) < 4.78 is 67.6. The molecular weight excluding hydrogens is 634 g/mol. The van der Waals surface area contributed by atoms with E-state index >= 15 is 0 Å². The van der Waals surface area contributed by atoms with Crippen LogP contribution in [0.15, 0.2) is 74.9 Å². The number of benzene rings is 3. The molecule has 3 aromatic carbocycles. The molecule has 1 N–H and O–H groups in total. The van der Waals surface area contributed by atoms with Crippen molar-refractivity contribution in [1.29, 1.82) is 0 Å². The minimum absolute atomic E-state index is 0.0154. The summed E-state index contributed by atoms with van der Waals surface area (Å²) >= 11 is 3.32. The number of rotatable bonds is 10. The molecule has 1 saturated heterocycles. The van der Waals surface area contributed by atoms with Crippen LogP contribution >= 0.6 is 15.9 Å². The monoisotopic (exact) mass is 665 g/mol. The predicted octanol–water partition coefficient (Wildman–Crippen LogP) is 4.78. The second-order valence-electron chi connectivity index (χ2n) is 9.52. The summed E-state index contributed by atoms with van der Waals surface area (Å²) in [7, 11) is -5.12. The summed E-state index contributed by atoms with van der Waals surface area (Å²) in [5.41, 5.74) is 1.31. The van der Waals surface area contributed by atoms with Crippen LogP contribution in [0.5, 0.6) is 11.5 Å². The van der Waals surface area contributed by atoms with Crippen LogP contribution in [0.2, 0.25) is 0 Å². The fraction of sp³-hybridized carbons (Fsp3) is 0.321. The third-order valence-electron chi connectivity index (χ3n) is 6.72. The van der Waals surface area contributed by atoms with Gasteiger partial charge in [0.05, 0.1) is 39.9 Å². The smallest absolute Gasteiger partial charge is 0.264 e. The molecule has 0 unspecified atom stereocenters. The van der Waals surface area contributed by atoms with E-state index in [4.69, 9.17) is 9.47 Å². The van der Waals surface area contributed by atoms with E-state index in [-0.39, 0.29) is 26.9 Å². The van der Waals surface area contributed by atoms with Crippen molar-refractivity contribution in [3.8, 4) is 11.5 Å². The van der Waals surface area contributed by atoms with Crippen molar-refractivity contribution in [1.82, 2.24) is 4.31 Å². The number of nitrogens with one attached hydrogen (secondary N) is 1. The highest BCUT2D eigenvalue weighted by atomic mass is 79.9. The lowest BCUT2D eigenvalue weighted by Gasteiger charge is -2.26. The summed E-state index contributed by atoms with van der Waals surface area (Å²) in [6.07, 6.45) is 2.55. The SMILES string of the molecule is COc1ccc(S(=O)(=O)N(CC(=O)Nc2cc(S(=O)(=O)N3CCCCC3)ccc2OC)c2ccc(C)cc2)cc1Br. The maximum Gasteiger partial charge on any atom is 0.264 e. The highest BCUT2D eigenvalue weighted by Crippen LogP contribution is 2.32. The number of aryl methyl sites for hydroxylation is 1. The zero-order valence-corrected chi connectivity index (χ0v) is 26.2. The first kappa shape index (κ1) is 30.8. The van der Waals surface area contributed by atoms with Gasteiger partial charge in [-0.1, -0.05) is 24.1 Å². The van der Waals surface area contributed by atoms with Crippen LogP contribution in [0, 0.1) is 6.92 Å². The Morgan fingerprint density at radius 3 is 2.10 bits per heavy atom. The topological polar surface area (TPSA) is 122 Å². The van der Waals surface area contributed by atoms with E-state index in [1.807, 2.05) is 6.92 Å². The van der Waals surface area contributed by atoms with Gasteiger partial charge in [-0.25, -0.2) is 16.8 Å². The molecule has 0 aromatic heterocycles. The molecule has 1 aliphatic heterocycles. The summed E-state index contributed by atoms with van der Waals surface area (Å²) in [6.45, 7) is 2.15. The predicted molar refractivity (Wildman–Crippen MR) is 161 cm³/mol. The molecule has 220 valence electrons. The van der Waals surface area contributed by atoms with Crippen molar-refractivity contribution in [2.45, 2.75) is 36.0 Å². The Kier molecular flexibility index (Phi) is 9.62. The number of anilines is 2. The summed E-state index contributed by atoms with van der Waals surface area (Å²) in [5, 5.41) is 2.66. The number of amides is 1. The fourth-order valence-corrected chi connectivity index (χ4v) is 8.16. The van der Waals surface area contributed by atoms with Gasteiger partial charge in [-0.05, 0) is 84.2 Å². The molecule has 1 aliphatic rings. The van der Waals surface area contributed by atoms with Crippen LogP contribution in [0.1, 0.15) is 24.8 Å². The lowest BCUT2D eigenvalue weighted by atomic mass is 10.2. The third-order valence-corrected chi connectivity index (χ3v) is 11.0. The van der Waals surface area contributed by atoms with Gasteiger partial charge in [0.1, 0.15) is 18.0 Å². The number of hydrogen-bond donors (Lipinski definition) is 1. The molecule has 4 rings (SSSR count). The molecule has 41 heavy (non-hydrogen) atoms. The van der Waals surface area contributed by atoms with Gasteiger partial charge in [-0.3, -0.25) is 9.10 Å². The van der Waals surface area contributed by atoms with Crippen LogP contribution in [-0.4, -0.2) is 60.9 Å². The quantitative estimate of drug-likeness (QED) is 0.331. The van der Waals surface area contributed by atoms with Crippen molar-refractivity contribution in [2.24, 2.45) is 0 Å². The van der Waals surface area contributed by atoms with Gasteiger partial charge < -0.3 is 14.8 Å². The number of methoxy groups -OCH3 is 2. The molecular formula is C28H32BrN3O7S2. The van der Waals surface area contributed by atoms with Gasteiger partial charge in [0.25, 0.3) is 10.0 Å². The van der Waals surface area contributed by atoms with Crippen molar-refractivity contribution in [3.63, 3.8) is 0 Å². The largest absolute Gasteiger partial charge is 0.496 e. The van der Waals surface area contributed by atoms with E-state index < -0.39 is 32.5 Å². The highest BCUT2D eigenvalue weighted by molar-refractivity contribution is 9.10. The van der Waals surface area contributed by atoms with Gasteiger partial charge >= 0.3 is 0 Å². The summed E-state index contributed by atoms with van der Waals surface area (Å²) in [5.74, 6) is 0.00220. The molecule has 0 spiro atoms. The van der Waals surface area contributed by atoms with E-state index in [9.17, 15) is 21.6 Å². The van der Waals surface area contributed by atoms with E-state index in [2.05, 4.69) is 21.2 Å². The minimum Gasteiger partial charge on any atom is -0.496 e. The average Bonchev–Trinajstić information content (AvgIpc) is 2.96. The van der Waals surface area contributed by atoms with Gasteiger partial charge in [-0.15, -0.1) is 0 Å². The van der Waals surface area contributed by atoms with Gasteiger partial charge in [0.15, 0.2) is 0 Å². The first-order chi connectivity index (χ1) is 19.5. The Hall–Kier alpha value is -3.13. The number of sulfonamides is 2. The van der Waals surface area contributed by atoms with Gasteiger partial charge in [0.2, 0.25) is 15.9 Å². The average molecular weight is 667 g/mol. The lowest BCUT2D eigenvalue weighted by molar-refractivity contribution is -0.114. The molecule has 10 nitrogen and oxygen atoms in total. The molecule has 1 fully saturated rings. The molecule has 0 aliphatic carbocycles. The number of carbonyl (C=O) groups excluding carboxylic acids is 1. The normalized spacial score (nSPS) is 14.3. The van der Waals surface area contributed by atoms with Crippen LogP contribution in [0.4, 0.5) is 11.4 Å². The van der Waals surface area contributed by atoms with E-state index in [0.29, 0.717) is 23.3 Å². The van der Waals surface area contributed by atoms with Crippen LogP contribution in [-0.2, 0) is 24.8 Å². The first-order valence-corrected chi connectivity index (χ1v) is 16.6. The van der Waals surface area contributed by atoms with Crippen LogP contribution < -0.4 is 19.1 Å². The summed E-state index contributed by atoms with van der Waals surface area (Å²) in [6, 6.07) is 15.3. The molecule has 0 bridgehead atoms. The zero-order chi connectivity index (χ0) is 29.8. The molecule has 13 heteroatoms. The Morgan fingerprint density at radius 2 is 1.49 bits per heavy atom. The van der Waals surface area contributed by atoms with Gasteiger partial charge in [-0.2, -0.15) is 4.31 Å². The number of ether oxygens (including phenoxy) is 2. The molecule has 0 radical (unpaired) electrons. The number of piperidine rings is 1. The van der Waals surface area contributed by atoms with E-state index in [1.54, 1.807) is 24.3 Å². The fourth-order valence-electron chi connectivity index (χ4n) is 4.48. The Labute approximate surface area is 249 Å². The number of nitrogens with zero attached hydrogens (tertiary/aromatic N) is 2. The Balaban J connectivity index is 1.66. The molecule has 1 heterocycles. The minimum atomic E-state index is -4.21.